The first-order chi connectivity index (χ1) is 10.8. The van der Waals surface area contributed by atoms with Gasteiger partial charge in [-0.05, 0) is 73.5 Å². The standard InChI is InChI=1S/C19H29NO2S/c1-18-8-3-4-13(18)11-5-6-15-19(2,14(11)7-9-18)10-12(17(22)23)16(21)20-15/h11-15H,3-10H2,1-2H3,(H,20,21)(H,22,23)/t11-,12?,13-,14+,15?,18-,19+/m0/s1. The van der Waals surface area contributed by atoms with E-state index in [4.69, 9.17) is 0 Å². The van der Waals surface area contributed by atoms with Crippen molar-refractivity contribution in [2.24, 2.45) is 34.5 Å². The van der Waals surface area contributed by atoms with Gasteiger partial charge in [0.1, 0.15) is 5.92 Å². The second kappa shape index (κ2) is 5.24. The molecule has 1 heterocycles. The number of carbonyl (C=O) groups is 2. The van der Waals surface area contributed by atoms with Crippen LogP contribution in [0.25, 0.3) is 0 Å². The highest BCUT2D eigenvalue weighted by Crippen LogP contribution is 2.64. The van der Waals surface area contributed by atoms with Crippen molar-refractivity contribution in [2.45, 2.75) is 71.3 Å². The molecule has 3 saturated carbocycles. The van der Waals surface area contributed by atoms with E-state index in [1.165, 1.54) is 38.5 Å². The van der Waals surface area contributed by atoms with Gasteiger partial charge < -0.3 is 5.32 Å². The summed E-state index contributed by atoms with van der Waals surface area (Å²) in [6.45, 7) is 4.85. The molecule has 1 amide bonds. The molecule has 0 bridgehead atoms. The molecule has 0 radical (unpaired) electrons. The summed E-state index contributed by atoms with van der Waals surface area (Å²) in [5.74, 6) is 1.68. The third kappa shape index (κ3) is 2.23. The highest BCUT2D eigenvalue weighted by Gasteiger charge is 2.59. The van der Waals surface area contributed by atoms with Crippen LogP contribution in [-0.4, -0.2) is 17.1 Å². The van der Waals surface area contributed by atoms with Gasteiger partial charge in [0.25, 0.3) is 0 Å². The molecule has 4 rings (SSSR count). The zero-order valence-electron chi connectivity index (χ0n) is 14.3. The molecule has 4 fully saturated rings. The molecule has 1 saturated heterocycles. The monoisotopic (exact) mass is 335 g/mol. The minimum absolute atomic E-state index is 0.0732. The van der Waals surface area contributed by atoms with E-state index in [1.807, 2.05) is 0 Å². The van der Waals surface area contributed by atoms with Gasteiger partial charge in [0.2, 0.25) is 5.91 Å². The first-order valence-electron chi connectivity index (χ1n) is 9.38. The molecule has 1 aliphatic heterocycles. The van der Waals surface area contributed by atoms with E-state index in [0.717, 1.165) is 18.3 Å². The Balaban J connectivity index is 1.65. The van der Waals surface area contributed by atoms with E-state index in [0.29, 0.717) is 17.8 Å². The number of rotatable bonds is 1. The number of carbonyl (C=O) groups excluding carboxylic acids is 2. The molecule has 4 aliphatic rings. The Labute approximate surface area is 144 Å². The highest BCUT2D eigenvalue weighted by atomic mass is 32.1. The van der Waals surface area contributed by atoms with Crippen LogP contribution in [-0.2, 0) is 9.59 Å². The van der Waals surface area contributed by atoms with Crippen molar-refractivity contribution in [3.05, 3.63) is 0 Å². The fourth-order valence-corrected chi connectivity index (χ4v) is 7.19. The second-order valence-electron chi connectivity index (χ2n) is 9.20. The molecule has 7 atom stereocenters. The van der Waals surface area contributed by atoms with Crippen molar-refractivity contribution in [2.75, 3.05) is 0 Å². The molecule has 23 heavy (non-hydrogen) atoms. The number of piperidine rings is 1. The zero-order valence-corrected chi connectivity index (χ0v) is 15.2. The molecule has 3 aliphatic carbocycles. The number of amides is 1. The Morgan fingerprint density at radius 1 is 1.13 bits per heavy atom. The highest BCUT2D eigenvalue weighted by molar-refractivity contribution is 7.96. The maximum Gasteiger partial charge on any atom is 0.231 e. The number of hydrogen-bond acceptors (Lipinski definition) is 2. The summed E-state index contributed by atoms with van der Waals surface area (Å²) < 4.78 is 0. The zero-order chi connectivity index (χ0) is 16.4. The Morgan fingerprint density at radius 3 is 2.65 bits per heavy atom. The van der Waals surface area contributed by atoms with E-state index >= 15 is 0 Å². The quantitative estimate of drug-likeness (QED) is 0.568. The molecule has 1 N–H and O–H groups in total. The van der Waals surface area contributed by atoms with Gasteiger partial charge in [-0.2, -0.15) is 0 Å². The SMILES string of the molecule is C[C@@]12CCC[C@H]1[C@@H]1CCC3NC(=O)C(C(=O)S)C[C@]3(C)[C@@H]1CC2. The van der Waals surface area contributed by atoms with Gasteiger partial charge in [-0.25, -0.2) is 0 Å². The molecule has 0 aromatic heterocycles. The van der Waals surface area contributed by atoms with Gasteiger partial charge in [-0.15, -0.1) is 12.6 Å². The summed E-state index contributed by atoms with van der Waals surface area (Å²) in [6, 6.07) is 0.256. The third-order valence-corrected chi connectivity index (χ3v) is 8.54. The lowest BCUT2D eigenvalue weighted by atomic mass is 9.47. The van der Waals surface area contributed by atoms with E-state index < -0.39 is 5.92 Å². The van der Waals surface area contributed by atoms with Crippen LogP contribution in [0.3, 0.4) is 0 Å². The summed E-state index contributed by atoms with van der Waals surface area (Å²) in [5, 5.41) is 2.93. The molecule has 128 valence electrons. The molecular formula is C19H29NO2S. The Hall–Kier alpha value is -0.510. The van der Waals surface area contributed by atoms with E-state index in [-0.39, 0.29) is 22.5 Å². The van der Waals surface area contributed by atoms with Gasteiger partial charge in [0, 0.05) is 6.04 Å². The molecule has 0 spiro atoms. The average molecular weight is 336 g/mol. The minimum Gasteiger partial charge on any atom is -0.352 e. The van der Waals surface area contributed by atoms with Crippen molar-refractivity contribution >= 4 is 23.7 Å². The van der Waals surface area contributed by atoms with Gasteiger partial charge in [-0.1, -0.05) is 20.3 Å². The smallest absolute Gasteiger partial charge is 0.231 e. The van der Waals surface area contributed by atoms with Crippen LogP contribution in [0.4, 0.5) is 0 Å². The van der Waals surface area contributed by atoms with Crippen molar-refractivity contribution in [1.82, 2.24) is 5.32 Å². The summed E-state index contributed by atoms with van der Waals surface area (Å²) in [5.41, 5.74) is 0.630. The predicted octanol–water partition coefficient (Wildman–Crippen LogP) is 3.58. The second-order valence-corrected chi connectivity index (χ2v) is 9.64. The number of thiol groups is 1. The van der Waals surface area contributed by atoms with Crippen molar-refractivity contribution in [3.63, 3.8) is 0 Å². The van der Waals surface area contributed by atoms with Crippen LogP contribution in [0.1, 0.15) is 65.2 Å². The Bertz CT molecular complexity index is 549. The van der Waals surface area contributed by atoms with Crippen LogP contribution in [0.5, 0.6) is 0 Å². The third-order valence-electron chi connectivity index (χ3n) is 8.23. The predicted molar refractivity (Wildman–Crippen MR) is 93.0 cm³/mol. The maximum absolute atomic E-state index is 12.2. The van der Waals surface area contributed by atoms with Crippen molar-refractivity contribution in [1.29, 1.82) is 0 Å². The van der Waals surface area contributed by atoms with Crippen LogP contribution >= 0.6 is 12.6 Å². The van der Waals surface area contributed by atoms with Crippen LogP contribution < -0.4 is 5.32 Å². The number of hydrogen-bond donors (Lipinski definition) is 2. The summed E-state index contributed by atoms with van der Waals surface area (Å²) >= 11 is 3.99. The Morgan fingerprint density at radius 2 is 1.91 bits per heavy atom. The summed E-state index contributed by atoms with van der Waals surface area (Å²) in [7, 11) is 0. The van der Waals surface area contributed by atoms with Gasteiger partial charge in [0.15, 0.2) is 5.12 Å². The van der Waals surface area contributed by atoms with E-state index in [9.17, 15) is 9.59 Å². The molecule has 4 heteroatoms. The first kappa shape index (κ1) is 16.0. The average Bonchev–Trinajstić information content (AvgIpc) is 2.89. The van der Waals surface area contributed by atoms with Crippen molar-refractivity contribution in [3.8, 4) is 0 Å². The molecule has 0 aromatic carbocycles. The lowest BCUT2D eigenvalue weighted by molar-refractivity contribution is -0.146. The lowest BCUT2D eigenvalue weighted by Crippen LogP contribution is -2.63. The van der Waals surface area contributed by atoms with Crippen LogP contribution in [0, 0.1) is 34.5 Å². The van der Waals surface area contributed by atoms with Crippen LogP contribution in [0.15, 0.2) is 0 Å². The number of fused-ring (bicyclic) bond motifs is 5. The fourth-order valence-electron chi connectivity index (χ4n) is 6.98. The molecule has 2 unspecified atom stereocenters. The first-order valence-corrected chi connectivity index (χ1v) is 9.83. The fraction of sp³-hybridized carbons (Fsp3) is 0.895. The lowest BCUT2D eigenvalue weighted by Gasteiger charge is -2.60. The Kier molecular flexibility index (Phi) is 3.64. The largest absolute Gasteiger partial charge is 0.352 e. The van der Waals surface area contributed by atoms with Crippen LogP contribution in [0.2, 0.25) is 0 Å². The minimum atomic E-state index is -0.546. The molecule has 3 nitrogen and oxygen atoms in total. The molecular weight excluding hydrogens is 306 g/mol. The van der Waals surface area contributed by atoms with Gasteiger partial charge in [0.05, 0.1) is 0 Å². The van der Waals surface area contributed by atoms with E-state index in [2.05, 4.69) is 31.8 Å². The normalized spacial score (nSPS) is 52.1. The summed E-state index contributed by atoms with van der Waals surface area (Å²) in [6.07, 6.45) is 9.82. The molecule has 0 aromatic rings. The number of nitrogens with one attached hydrogen (secondary N) is 1. The van der Waals surface area contributed by atoms with Crippen molar-refractivity contribution < 1.29 is 9.59 Å². The van der Waals surface area contributed by atoms with Gasteiger partial charge >= 0.3 is 0 Å². The van der Waals surface area contributed by atoms with Gasteiger partial charge in [-0.3, -0.25) is 9.59 Å². The summed E-state index contributed by atoms with van der Waals surface area (Å²) in [4.78, 5) is 24.1. The topological polar surface area (TPSA) is 46.2 Å². The maximum atomic E-state index is 12.2. The van der Waals surface area contributed by atoms with E-state index in [1.54, 1.807) is 0 Å².